The van der Waals surface area contributed by atoms with Crippen molar-refractivity contribution in [3.8, 4) is 11.1 Å². The molecule has 2 nitrogen and oxygen atoms in total. The van der Waals surface area contributed by atoms with E-state index in [1.54, 1.807) is 0 Å². The summed E-state index contributed by atoms with van der Waals surface area (Å²) in [7, 11) is 0. The first-order chi connectivity index (χ1) is 16.1. The van der Waals surface area contributed by atoms with Gasteiger partial charge in [-0.2, -0.15) is 8.78 Å². The van der Waals surface area contributed by atoms with Gasteiger partial charge in [0.2, 0.25) is 0 Å². The third-order valence-corrected chi connectivity index (χ3v) is 6.97. The predicted molar refractivity (Wildman–Crippen MR) is 129 cm³/mol. The fourth-order valence-corrected chi connectivity index (χ4v) is 5.03. The summed E-state index contributed by atoms with van der Waals surface area (Å²) in [6.07, 6.45) is 9.82. The Hall–Kier alpha value is -2.30. The molecule has 2 fully saturated rings. The molecule has 4 rings (SSSR count). The number of allylic oxidation sites excluding steroid dienone is 2. The van der Waals surface area contributed by atoms with Crippen molar-refractivity contribution < 1.29 is 18.3 Å². The molecule has 0 amide bonds. The maximum Gasteiger partial charge on any atom is 0.266 e. The van der Waals surface area contributed by atoms with Gasteiger partial charge in [0.05, 0.1) is 13.2 Å². The third kappa shape index (κ3) is 6.61. The van der Waals surface area contributed by atoms with Crippen LogP contribution >= 0.6 is 0 Å². The first-order valence-electron chi connectivity index (χ1n) is 12.2. The molecule has 176 valence electrons. The first kappa shape index (κ1) is 23.8. The molecular formula is C29H34F2O2. The van der Waals surface area contributed by atoms with E-state index in [-0.39, 0.29) is 12.2 Å². The van der Waals surface area contributed by atoms with E-state index in [4.69, 9.17) is 9.47 Å². The van der Waals surface area contributed by atoms with Crippen LogP contribution in [0, 0.1) is 11.8 Å². The second kappa shape index (κ2) is 11.7. The van der Waals surface area contributed by atoms with E-state index in [9.17, 15) is 8.78 Å². The van der Waals surface area contributed by atoms with Gasteiger partial charge in [0, 0.05) is 11.8 Å². The van der Waals surface area contributed by atoms with Crippen molar-refractivity contribution in [3.63, 3.8) is 0 Å². The van der Waals surface area contributed by atoms with Crippen LogP contribution < -0.4 is 0 Å². The Morgan fingerprint density at radius 1 is 0.879 bits per heavy atom. The van der Waals surface area contributed by atoms with Crippen LogP contribution in [0.3, 0.4) is 0 Å². The van der Waals surface area contributed by atoms with Gasteiger partial charge in [0.25, 0.3) is 6.08 Å². The Bertz CT molecular complexity index is 913. The van der Waals surface area contributed by atoms with E-state index >= 15 is 0 Å². The third-order valence-electron chi connectivity index (χ3n) is 6.97. The van der Waals surface area contributed by atoms with Crippen LogP contribution in [0.4, 0.5) is 8.78 Å². The summed E-state index contributed by atoms with van der Waals surface area (Å²) >= 11 is 0. The van der Waals surface area contributed by atoms with Crippen LogP contribution in [0.25, 0.3) is 11.1 Å². The minimum atomic E-state index is -1.66. The summed E-state index contributed by atoms with van der Waals surface area (Å²) in [6, 6.07) is 17.9. The monoisotopic (exact) mass is 452 g/mol. The largest absolute Gasteiger partial charge is 0.352 e. The van der Waals surface area contributed by atoms with Crippen molar-refractivity contribution in [3.05, 3.63) is 84.0 Å². The summed E-state index contributed by atoms with van der Waals surface area (Å²) in [6.45, 7) is 2.70. The number of ether oxygens (including phenoxy) is 2. The molecule has 1 aliphatic heterocycles. The molecule has 1 aliphatic carbocycles. The fourth-order valence-electron chi connectivity index (χ4n) is 5.03. The highest BCUT2D eigenvalue weighted by Gasteiger charge is 2.32. The number of halogens is 2. The lowest BCUT2D eigenvalue weighted by Gasteiger charge is -2.37. The second-order valence-corrected chi connectivity index (χ2v) is 9.29. The lowest BCUT2D eigenvalue weighted by molar-refractivity contribution is -0.222. The average molecular weight is 453 g/mol. The molecule has 2 aromatic carbocycles. The van der Waals surface area contributed by atoms with E-state index < -0.39 is 6.08 Å². The molecule has 0 bridgehead atoms. The molecule has 1 saturated heterocycles. The molecule has 0 atom stereocenters. The molecule has 0 spiro atoms. The van der Waals surface area contributed by atoms with Crippen molar-refractivity contribution in [2.24, 2.45) is 11.8 Å². The highest BCUT2D eigenvalue weighted by molar-refractivity contribution is 5.64. The summed E-state index contributed by atoms with van der Waals surface area (Å²) in [5, 5.41) is 0. The fraction of sp³-hybridized carbons (Fsp3) is 0.448. The topological polar surface area (TPSA) is 18.5 Å². The van der Waals surface area contributed by atoms with E-state index in [0.29, 0.717) is 25.0 Å². The maximum absolute atomic E-state index is 12.4. The highest BCUT2D eigenvalue weighted by atomic mass is 19.3. The summed E-state index contributed by atoms with van der Waals surface area (Å²) < 4.78 is 36.4. The highest BCUT2D eigenvalue weighted by Crippen LogP contribution is 2.39. The predicted octanol–water partition coefficient (Wildman–Crippen LogP) is 7.91. The van der Waals surface area contributed by atoms with E-state index in [0.717, 1.165) is 44.6 Å². The molecule has 4 heteroatoms. The molecule has 1 heterocycles. The summed E-state index contributed by atoms with van der Waals surface area (Å²) in [5.41, 5.74) is 5.28. The molecule has 0 N–H and O–H groups in total. The number of rotatable bonds is 7. The van der Waals surface area contributed by atoms with Crippen LogP contribution in [-0.2, 0) is 15.9 Å². The molecular weight excluding hydrogens is 418 g/mol. The van der Waals surface area contributed by atoms with Crippen molar-refractivity contribution in [1.82, 2.24) is 0 Å². The van der Waals surface area contributed by atoms with E-state index in [1.807, 2.05) is 0 Å². The molecule has 0 aromatic heterocycles. The van der Waals surface area contributed by atoms with Gasteiger partial charge < -0.3 is 9.47 Å². The van der Waals surface area contributed by atoms with E-state index in [1.165, 1.54) is 22.3 Å². The molecule has 2 aromatic rings. The molecule has 0 radical (unpaired) electrons. The van der Waals surface area contributed by atoms with Crippen LogP contribution in [-0.4, -0.2) is 19.5 Å². The SMILES string of the molecule is CC=CCCc1ccc(-c2ccc(C3CCC(C4OCC(C=C(F)F)CO4)CC3)cc2)cc1. The summed E-state index contributed by atoms with van der Waals surface area (Å²) in [5.74, 6) is 0.576. The Labute approximate surface area is 196 Å². The van der Waals surface area contributed by atoms with Crippen molar-refractivity contribution in [1.29, 1.82) is 0 Å². The zero-order chi connectivity index (χ0) is 23.0. The van der Waals surface area contributed by atoms with Gasteiger partial charge in [-0.25, -0.2) is 0 Å². The number of aryl methyl sites for hydroxylation is 1. The van der Waals surface area contributed by atoms with Gasteiger partial charge >= 0.3 is 0 Å². The molecule has 0 unspecified atom stereocenters. The maximum atomic E-state index is 12.4. The number of hydrogen-bond donors (Lipinski definition) is 0. The average Bonchev–Trinajstić information content (AvgIpc) is 2.85. The Balaban J connectivity index is 1.27. The van der Waals surface area contributed by atoms with Gasteiger partial charge in [-0.3, -0.25) is 0 Å². The summed E-state index contributed by atoms with van der Waals surface area (Å²) in [4.78, 5) is 0. The lowest BCUT2D eigenvalue weighted by Crippen LogP contribution is -2.37. The number of benzene rings is 2. The lowest BCUT2D eigenvalue weighted by atomic mass is 9.78. The molecule has 2 aliphatic rings. The van der Waals surface area contributed by atoms with Gasteiger partial charge in [0.15, 0.2) is 6.29 Å². The van der Waals surface area contributed by atoms with Crippen molar-refractivity contribution in [2.45, 2.75) is 57.7 Å². The first-order valence-corrected chi connectivity index (χ1v) is 12.2. The van der Waals surface area contributed by atoms with Gasteiger partial charge in [0.1, 0.15) is 0 Å². The smallest absolute Gasteiger partial charge is 0.266 e. The standard InChI is InChI=1S/C29H34F2O2/c1-2-3-4-5-21-6-8-23(9-7-21)24-10-12-25(13-11-24)26-14-16-27(17-15-26)29-32-19-22(20-33-29)18-28(30)31/h2-3,6-13,18,22,26-27,29H,4-5,14-17,19-20H2,1H3. The van der Waals surface area contributed by atoms with Crippen LogP contribution in [0.2, 0.25) is 0 Å². The van der Waals surface area contributed by atoms with Crippen molar-refractivity contribution >= 4 is 0 Å². The minimum Gasteiger partial charge on any atom is -0.352 e. The van der Waals surface area contributed by atoms with Crippen LogP contribution in [0.1, 0.15) is 56.1 Å². The quantitative estimate of drug-likeness (QED) is 0.398. The van der Waals surface area contributed by atoms with Crippen molar-refractivity contribution in [2.75, 3.05) is 13.2 Å². The van der Waals surface area contributed by atoms with Gasteiger partial charge in [-0.15, -0.1) is 0 Å². The Morgan fingerprint density at radius 3 is 2.06 bits per heavy atom. The number of hydrogen-bond acceptors (Lipinski definition) is 2. The Kier molecular flexibility index (Phi) is 8.46. The van der Waals surface area contributed by atoms with Gasteiger partial charge in [-0.05, 0) is 79.7 Å². The Morgan fingerprint density at radius 2 is 1.48 bits per heavy atom. The second-order valence-electron chi connectivity index (χ2n) is 9.29. The normalized spacial score (nSPS) is 25.8. The minimum absolute atomic E-state index is 0.249. The molecule has 33 heavy (non-hydrogen) atoms. The molecule has 1 saturated carbocycles. The van der Waals surface area contributed by atoms with Crippen LogP contribution in [0.15, 0.2) is 72.8 Å². The van der Waals surface area contributed by atoms with E-state index in [2.05, 4.69) is 67.6 Å². The van der Waals surface area contributed by atoms with Gasteiger partial charge in [-0.1, -0.05) is 60.7 Å². The zero-order valence-electron chi connectivity index (χ0n) is 19.4. The zero-order valence-corrected chi connectivity index (χ0v) is 19.4. The van der Waals surface area contributed by atoms with Crippen LogP contribution in [0.5, 0.6) is 0 Å².